The third kappa shape index (κ3) is 7.85. The van der Waals surface area contributed by atoms with Crippen LogP contribution in [0.3, 0.4) is 0 Å². The van der Waals surface area contributed by atoms with Crippen molar-refractivity contribution in [3.05, 3.63) is 29.3 Å². The summed E-state index contributed by atoms with van der Waals surface area (Å²) >= 11 is 0. The van der Waals surface area contributed by atoms with Crippen LogP contribution in [0.5, 0.6) is 5.75 Å². The Morgan fingerprint density at radius 3 is 1.50 bits per heavy atom. The minimum atomic E-state index is -0.995. The summed E-state index contributed by atoms with van der Waals surface area (Å²) in [5.41, 5.74) is 2.36. The molecule has 0 saturated carbocycles. The summed E-state index contributed by atoms with van der Waals surface area (Å²) < 4.78 is 5.29. The maximum Gasteiger partial charge on any atom is 0.412 e. The molecule has 0 fully saturated rings. The molecule has 0 aliphatic heterocycles. The quantitative estimate of drug-likeness (QED) is 0.725. The zero-order valence-corrected chi connectivity index (χ0v) is 15.9. The zero-order chi connectivity index (χ0) is 19.1. The predicted molar refractivity (Wildman–Crippen MR) is 96.0 cm³/mol. The molecule has 0 spiro atoms. The third-order valence-electron chi connectivity index (χ3n) is 3.27. The molecule has 0 radical (unpaired) electrons. The number of benzene rings is 1. The van der Waals surface area contributed by atoms with E-state index in [1.165, 1.54) is 18.2 Å². The summed E-state index contributed by atoms with van der Waals surface area (Å²) in [5, 5.41) is 12.0. The fourth-order valence-electron chi connectivity index (χ4n) is 1.68. The maximum absolute atomic E-state index is 11.4. The van der Waals surface area contributed by atoms with Gasteiger partial charge in [-0.15, -0.1) is 0 Å². The fraction of sp³-hybridized carbons (Fsp3) is 0.556. The molecule has 6 heteroatoms. The fourth-order valence-corrected chi connectivity index (χ4v) is 1.68. The van der Waals surface area contributed by atoms with E-state index in [0.29, 0.717) is 5.75 Å². The molecule has 6 nitrogen and oxygen atoms in total. The molecule has 3 N–H and O–H groups in total. The smallest absolute Gasteiger partial charge is 0.412 e. The van der Waals surface area contributed by atoms with Crippen molar-refractivity contribution < 1.29 is 19.4 Å². The van der Waals surface area contributed by atoms with Gasteiger partial charge in [0.25, 0.3) is 0 Å². The van der Waals surface area contributed by atoms with Gasteiger partial charge >= 0.3 is 12.2 Å². The van der Waals surface area contributed by atoms with Gasteiger partial charge < -0.3 is 20.5 Å². The summed E-state index contributed by atoms with van der Waals surface area (Å²) in [4.78, 5) is 20.6. The van der Waals surface area contributed by atoms with Crippen molar-refractivity contribution in [3.8, 4) is 5.75 Å². The number of ether oxygens (including phenoxy) is 1. The Kier molecular flexibility index (Phi) is 7.77. The zero-order valence-electron chi connectivity index (χ0n) is 15.9. The van der Waals surface area contributed by atoms with Crippen LogP contribution in [-0.2, 0) is 10.8 Å². The van der Waals surface area contributed by atoms with Crippen LogP contribution >= 0.6 is 0 Å². The molecular weight excluding hydrogens is 308 g/mol. The molecular formula is C18H30N2O4. The van der Waals surface area contributed by atoms with E-state index in [1.54, 1.807) is 7.05 Å². The SMILES string of the molecule is CNC(=O)O.CNC(=O)Oc1cc(C(C)(C)C)cc(C(C)(C)C)c1. The highest BCUT2D eigenvalue weighted by Gasteiger charge is 2.21. The number of hydrogen-bond donors (Lipinski definition) is 3. The van der Waals surface area contributed by atoms with Crippen molar-refractivity contribution in [2.24, 2.45) is 0 Å². The lowest BCUT2D eigenvalue weighted by molar-refractivity contribution is 0.197. The number of hydrogen-bond acceptors (Lipinski definition) is 3. The molecule has 0 atom stereocenters. The number of carbonyl (C=O) groups is 2. The van der Waals surface area contributed by atoms with Gasteiger partial charge in [0.1, 0.15) is 5.75 Å². The van der Waals surface area contributed by atoms with Gasteiger partial charge in [0, 0.05) is 14.1 Å². The minimum Gasteiger partial charge on any atom is -0.465 e. The van der Waals surface area contributed by atoms with Gasteiger partial charge in [0.15, 0.2) is 0 Å². The second kappa shape index (κ2) is 8.57. The number of rotatable bonds is 1. The Hall–Kier alpha value is -2.24. The van der Waals surface area contributed by atoms with Gasteiger partial charge in [-0.05, 0) is 34.1 Å². The normalized spacial score (nSPS) is 11.0. The van der Waals surface area contributed by atoms with Crippen LogP contribution in [0.1, 0.15) is 52.7 Å². The van der Waals surface area contributed by atoms with Crippen molar-refractivity contribution in [3.63, 3.8) is 0 Å². The first-order chi connectivity index (χ1) is 10.8. The summed E-state index contributed by atoms with van der Waals surface area (Å²) in [6, 6.07) is 6.06. The Labute approximate surface area is 144 Å². The van der Waals surface area contributed by atoms with Gasteiger partial charge in [-0.3, -0.25) is 0 Å². The summed E-state index contributed by atoms with van der Waals surface area (Å²) in [7, 11) is 2.91. The highest BCUT2D eigenvalue weighted by atomic mass is 16.5. The van der Waals surface area contributed by atoms with Crippen molar-refractivity contribution in [1.29, 1.82) is 0 Å². The Balaban J connectivity index is 0.000000922. The van der Waals surface area contributed by atoms with E-state index in [1.807, 2.05) is 17.4 Å². The van der Waals surface area contributed by atoms with E-state index in [0.717, 1.165) is 0 Å². The molecule has 0 bridgehead atoms. The lowest BCUT2D eigenvalue weighted by Crippen LogP contribution is -2.23. The lowest BCUT2D eigenvalue weighted by atomic mass is 9.80. The molecule has 0 aromatic heterocycles. The molecule has 1 aromatic carbocycles. The Morgan fingerprint density at radius 1 is 0.875 bits per heavy atom. The van der Waals surface area contributed by atoms with Crippen LogP contribution in [0.4, 0.5) is 9.59 Å². The van der Waals surface area contributed by atoms with E-state index in [2.05, 4.69) is 52.9 Å². The Morgan fingerprint density at radius 2 is 1.25 bits per heavy atom. The van der Waals surface area contributed by atoms with Crippen molar-refractivity contribution >= 4 is 12.2 Å². The number of nitrogens with one attached hydrogen (secondary N) is 2. The van der Waals surface area contributed by atoms with Gasteiger partial charge in [0.05, 0.1) is 0 Å². The molecule has 0 unspecified atom stereocenters. The average Bonchev–Trinajstić information content (AvgIpc) is 2.45. The van der Waals surface area contributed by atoms with Crippen LogP contribution in [-0.4, -0.2) is 31.4 Å². The molecule has 1 aromatic rings. The largest absolute Gasteiger partial charge is 0.465 e. The van der Waals surface area contributed by atoms with Crippen LogP contribution in [0.25, 0.3) is 0 Å². The molecule has 0 aliphatic carbocycles. The van der Waals surface area contributed by atoms with Crippen molar-refractivity contribution in [2.75, 3.05) is 14.1 Å². The molecule has 1 rings (SSSR count). The highest BCUT2D eigenvalue weighted by molar-refractivity contribution is 5.70. The van der Waals surface area contributed by atoms with E-state index >= 15 is 0 Å². The summed E-state index contributed by atoms with van der Waals surface area (Å²) in [6.45, 7) is 12.9. The van der Waals surface area contributed by atoms with Crippen molar-refractivity contribution in [1.82, 2.24) is 10.6 Å². The van der Waals surface area contributed by atoms with Crippen LogP contribution in [0.15, 0.2) is 18.2 Å². The topological polar surface area (TPSA) is 87.7 Å². The molecule has 24 heavy (non-hydrogen) atoms. The van der Waals surface area contributed by atoms with E-state index in [4.69, 9.17) is 9.84 Å². The van der Waals surface area contributed by atoms with Gasteiger partial charge in [-0.2, -0.15) is 0 Å². The van der Waals surface area contributed by atoms with Gasteiger partial charge in [-0.25, -0.2) is 9.59 Å². The monoisotopic (exact) mass is 338 g/mol. The lowest BCUT2D eigenvalue weighted by Gasteiger charge is -2.25. The summed E-state index contributed by atoms with van der Waals surface area (Å²) in [5.74, 6) is 0.594. The maximum atomic E-state index is 11.4. The highest BCUT2D eigenvalue weighted by Crippen LogP contribution is 2.32. The molecule has 2 amide bonds. The van der Waals surface area contributed by atoms with E-state index in [9.17, 15) is 9.59 Å². The molecule has 136 valence electrons. The molecule has 0 saturated heterocycles. The minimum absolute atomic E-state index is 0.0159. The standard InChI is InChI=1S/C16H25NO2.C2H5NO2/c1-15(2,3)11-8-12(16(4,5)6)10-13(9-11)19-14(18)17-7;1-3-2(4)5/h8-10H,1-7H3,(H,17,18);3H,1H3,(H,4,5). The van der Waals surface area contributed by atoms with Crippen LogP contribution < -0.4 is 15.4 Å². The molecule has 0 heterocycles. The van der Waals surface area contributed by atoms with Gasteiger partial charge in [-0.1, -0.05) is 47.6 Å². The predicted octanol–water partition coefficient (Wildman–Crippen LogP) is 3.88. The van der Waals surface area contributed by atoms with E-state index in [-0.39, 0.29) is 10.8 Å². The third-order valence-corrected chi connectivity index (χ3v) is 3.27. The first kappa shape index (κ1) is 21.8. The first-order valence-corrected chi connectivity index (χ1v) is 7.77. The summed E-state index contributed by atoms with van der Waals surface area (Å²) in [6.07, 6.45) is -1.43. The van der Waals surface area contributed by atoms with Gasteiger partial charge in [0.2, 0.25) is 0 Å². The van der Waals surface area contributed by atoms with E-state index < -0.39 is 12.2 Å². The first-order valence-electron chi connectivity index (χ1n) is 7.77. The second-order valence-corrected chi connectivity index (χ2v) is 7.44. The number of carbonyl (C=O) groups excluding carboxylic acids is 1. The van der Waals surface area contributed by atoms with Crippen molar-refractivity contribution in [2.45, 2.75) is 52.4 Å². The van der Waals surface area contributed by atoms with Crippen LogP contribution in [0, 0.1) is 0 Å². The number of amides is 2. The number of carboxylic acid groups (broad SMARTS) is 1. The second-order valence-electron chi connectivity index (χ2n) is 7.44. The average molecular weight is 338 g/mol. The Bertz CT molecular complexity index is 537. The van der Waals surface area contributed by atoms with Crippen LogP contribution in [0.2, 0.25) is 0 Å². The molecule has 0 aliphatic rings.